The molecule has 2 aromatic carbocycles. The van der Waals surface area contributed by atoms with Gasteiger partial charge in [-0.25, -0.2) is 37.3 Å². The number of primary sulfonamides is 1. The molecule has 1 aliphatic carbocycles. The third kappa shape index (κ3) is 4.72. The largest absolute Gasteiger partial charge is 0.488 e. The molecule has 2 N–H and O–H groups in total. The molecule has 1 aliphatic rings. The first-order chi connectivity index (χ1) is 17.7. The number of fused-ring (bicyclic) bond motifs is 1. The number of benzene rings is 2. The van der Waals surface area contributed by atoms with Gasteiger partial charge in [-0.05, 0) is 68.5 Å². The van der Waals surface area contributed by atoms with Gasteiger partial charge in [0.25, 0.3) is 0 Å². The fourth-order valence-corrected chi connectivity index (χ4v) is 5.37. The Morgan fingerprint density at radius 3 is 2.46 bits per heavy atom. The van der Waals surface area contributed by atoms with Gasteiger partial charge in [0.15, 0.2) is 10.7 Å². The first kappa shape index (κ1) is 25.0. The van der Waals surface area contributed by atoms with E-state index in [9.17, 15) is 12.8 Å². The summed E-state index contributed by atoms with van der Waals surface area (Å²) in [7, 11) is -3.32. The summed E-state index contributed by atoms with van der Waals surface area (Å²) in [6.45, 7) is 1.87. The van der Waals surface area contributed by atoms with E-state index in [-0.39, 0.29) is 23.1 Å². The van der Waals surface area contributed by atoms with E-state index in [1.54, 1.807) is 12.3 Å². The first-order valence-electron chi connectivity index (χ1n) is 11.6. The van der Waals surface area contributed by atoms with E-state index < -0.39 is 26.6 Å². The molecule has 2 aromatic heterocycles. The zero-order valence-electron chi connectivity index (χ0n) is 20.2. The fourth-order valence-electron chi connectivity index (χ4n) is 4.67. The molecular formula is C26H24F2N4O4S. The number of aryl methyl sites for hydroxylation is 1. The lowest BCUT2D eigenvalue weighted by Gasteiger charge is -2.17. The molecule has 37 heavy (non-hydrogen) atoms. The summed E-state index contributed by atoms with van der Waals surface area (Å²) < 4.78 is 64.9. The first-order valence-corrected chi connectivity index (χ1v) is 13.2. The van der Waals surface area contributed by atoms with Crippen LogP contribution in [-0.2, 0) is 10.0 Å². The van der Waals surface area contributed by atoms with Crippen LogP contribution in [0, 0.1) is 18.6 Å². The zero-order chi connectivity index (χ0) is 26.3. The number of nitrogens with two attached hydrogens (primary N) is 1. The van der Waals surface area contributed by atoms with Gasteiger partial charge in [0.05, 0.1) is 13.2 Å². The van der Waals surface area contributed by atoms with Crippen molar-refractivity contribution in [2.75, 3.05) is 7.11 Å². The van der Waals surface area contributed by atoms with Crippen LogP contribution in [0.3, 0.4) is 0 Å². The number of sulfonamides is 1. The van der Waals surface area contributed by atoms with Crippen LogP contribution in [0.15, 0.2) is 47.8 Å². The Labute approximate surface area is 212 Å². The van der Waals surface area contributed by atoms with E-state index in [2.05, 4.69) is 15.0 Å². The SMILES string of the molecule is COc1ncc(-c2cc(OC3CCCC3)c3ncnc(C)c3c2)cc1-c1ccc(F)c(S(N)(=O)=O)c1F. The average molecular weight is 527 g/mol. The Morgan fingerprint density at radius 2 is 1.76 bits per heavy atom. The van der Waals surface area contributed by atoms with Gasteiger partial charge in [-0.1, -0.05) is 0 Å². The summed E-state index contributed by atoms with van der Waals surface area (Å²) in [5, 5.41) is 5.85. The molecule has 0 saturated heterocycles. The maximum absolute atomic E-state index is 15.3. The van der Waals surface area contributed by atoms with E-state index in [4.69, 9.17) is 14.6 Å². The third-order valence-corrected chi connectivity index (χ3v) is 7.44. The predicted octanol–water partition coefficient (Wildman–Crippen LogP) is 4.92. The monoisotopic (exact) mass is 526 g/mol. The van der Waals surface area contributed by atoms with Gasteiger partial charge in [-0.3, -0.25) is 0 Å². The Balaban J connectivity index is 1.69. The zero-order valence-corrected chi connectivity index (χ0v) is 21.0. The van der Waals surface area contributed by atoms with Crippen LogP contribution < -0.4 is 14.6 Å². The van der Waals surface area contributed by atoms with E-state index >= 15 is 4.39 Å². The van der Waals surface area contributed by atoms with Crippen LogP contribution >= 0.6 is 0 Å². The number of ether oxygens (including phenoxy) is 2. The highest BCUT2D eigenvalue weighted by Gasteiger charge is 2.26. The molecule has 11 heteroatoms. The van der Waals surface area contributed by atoms with Gasteiger partial charge in [0, 0.05) is 34.0 Å². The number of methoxy groups -OCH3 is 1. The Hall–Kier alpha value is -3.70. The number of hydrogen-bond acceptors (Lipinski definition) is 7. The number of aromatic nitrogens is 3. The van der Waals surface area contributed by atoms with Crippen LogP contribution in [0.25, 0.3) is 33.2 Å². The van der Waals surface area contributed by atoms with Crippen molar-refractivity contribution >= 4 is 20.9 Å². The van der Waals surface area contributed by atoms with Gasteiger partial charge in [0.1, 0.15) is 23.4 Å². The summed E-state index contributed by atoms with van der Waals surface area (Å²) >= 11 is 0. The minimum absolute atomic E-state index is 0.0253. The number of halogens is 2. The topological polar surface area (TPSA) is 117 Å². The molecule has 0 bridgehead atoms. The maximum atomic E-state index is 15.3. The lowest BCUT2D eigenvalue weighted by Crippen LogP contribution is -2.16. The predicted molar refractivity (Wildman–Crippen MR) is 134 cm³/mol. The average Bonchev–Trinajstić information content (AvgIpc) is 3.36. The number of nitrogens with zero attached hydrogens (tertiary/aromatic N) is 3. The Bertz CT molecular complexity index is 1620. The van der Waals surface area contributed by atoms with Crippen molar-refractivity contribution in [1.82, 2.24) is 15.0 Å². The molecule has 4 aromatic rings. The summed E-state index contributed by atoms with van der Waals surface area (Å²) in [5.41, 5.74) is 2.61. The second-order valence-electron chi connectivity index (χ2n) is 8.92. The quantitative estimate of drug-likeness (QED) is 0.379. The van der Waals surface area contributed by atoms with Crippen molar-refractivity contribution in [2.24, 2.45) is 5.14 Å². The third-order valence-electron chi connectivity index (χ3n) is 6.50. The number of pyridine rings is 1. The highest BCUT2D eigenvalue weighted by molar-refractivity contribution is 7.89. The van der Waals surface area contributed by atoms with Crippen molar-refractivity contribution < 1.29 is 26.7 Å². The normalized spacial score (nSPS) is 14.3. The van der Waals surface area contributed by atoms with Crippen molar-refractivity contribution in [3.05, 3.63) is 60.2 Å². The standard InChI is InChI=1S/C26H24F2N4O4S/c1-14-19-9-15(11-22(24(19)32-13-31-14)36-17-5-3-4-6-17)16-10-20(26(35-2)30-12-16)18-7-8-21(27)25(23(18)28)37(29,33)34/h7-13,17H,3-6H2,1-2H3,(H2,29,33,34). The smallest absolute Gasteiger partial charge is 0.243 e. The molecule has 5 rings (SSSR count). The lowest BCUT2D eigenvalue weighted by atomic mass is 9.99. The second kappa shape index (κ2) is 9.64. The van der Waals surface area contributed by atoms with Crippen LogP contribution in [0.2, 0.25) is 0 Å². The maximum Gasteiger partial charge on any atom is 0.243 e. The van der Waals surface area contributed by atoms with E-state index in [0.29, 0.717) is 22.4 Å². The Kier molecular flexibility index (Phi) is 6.50. The Morgan fingerprint density at radius 1 is 1.00 bits per heavy atom. The molecule has 2 heterocycles. The molecule has 0 atom stereocenters. The van der Waals surface area contributed by atoms with Crippen molar-refractivity contribution in [3.63, 3.8) is 0 Å². The van der Waals surface area contributed by atoms with Gasteiger partial charge in [0.2, 0.25) is 15.9 Å². The van der Waals surface area contributed by atoms with Crippen molar-refractivity contribution in [1.29, 1.82) is 0 Å². The molecule has 1 saturated carbocycles. The lowest BCUT2D eigenvalue weighted by molar-refractivity contribution is 0.212. The summed E-state index contributed by atoms with van der Waals surface area (Å²) in [6, 6.07) is 7.28. The van der Waals surface area contributed by atoms with Gasteiger partial charge in [-0.2, -0.15) is 0 Å². The summed E-state index contributed by atoms with van der Waals surface area (Å²) in [6.07, 6.45) is 7.25. The molecule has 0 spiro atoms. The molecule has 0 radical (unpaired) electrons. The van der Waals surface area contributed by atoms with Gasteiger partial charge >= 0.3 is 0 Å². The van der Waals surface area contributed by atoms with Crippen molar-refractivity contribution in [3.8, 4) is 33.9 Å². The number of rotatable bonds is 6. The molecule has 0 unspecified atom stereocenters. The van der Waals surface area contributed by atoms with Crippen LogP contribution in [0.4, 0.5) is 8.78 Å². The minimum atomic E-state index is -4.66. The van der Waals surface area contributed by atoms with E-state index in [1.807, 2.05) is 19.1 Å². The summed E-state index contributed by atoms with van der Waals surface area (Å²) in [4.78, 5) is 11.8. The molecule has 1 fully saturated rings. The van der Waals surface area contributed by atoms with Crippen LogP contribution in [0.5, 0.6) is 11.6 Å². The molecule has 0 amide bonds. The minimum Gasteiger partial charge on any atom is -0.488 e. The fraction of sp³-hybridized carbons (Fsp3) is 0.269. The highest BCUT2D eigenvalue weighted by atomic mass is 32.2. The number of hydrogen-bond donors (Lipinski definition) is 1. The van der Waals surface area contributed by atoms with E-state index in [0.717, 1.165) is 48.9 Å². The van der Waals surface area contributed by atoms with Crippen LogP contribution in [0.1, 0.15) is 31.4 Å². The summed E-state index contributed by atoms with van der Waals surface area (Å²) in [5.74, 6) is -1.98. The molecule has 0 aliphatic heterocycles. The molecular weight excluding hydrogens is 502 g/mol. The van der Waals surface area contributed by atoms with Gasteiger partial charge < -0.3 is 9.47 Å². The van der Waals surface area contributed by atoms with E-state index in [1.165, 1.54) is 13.4 Å². The van der Waals surface area contributed by atoms with Gasteiger partial charge in [-0.15, -0.1) is 0 Å². The highest BCUT2D eigenvalue weighted by Crippen LogP contribution is 2.39. The second-order valence-corrected chi connectivity index (χ2v) is 10.4. The molecule has 8 nitrogen and oxygen atoms in total. The van der Waals surface area contributed by atoms with Crippen LogP contribution in [-0.4, -0.2) is 36.6 Å². The molecule has 192 valence electrons. The van der Waals surface area contributed by atoms with Crippen molar-refractivity contribution in [2.45, 2.75) is 43.6 Å².